The molecule has 25 heavy (non-hydrogen) atoms. The summed E-state index contributed by atoms with van der Waals surface area (Å²) in [5.74, 6) is -0.545. The number of carboxylic acids is 1. The summed E-state index contributed by atoms with van der Waals surface area (Å²) in [5.41, 5.74) is 1.21. The molecule has 0 amide bonds. The average Bonchev–Trinajstić information content (AvgIpc) is 3.06. The summed E-state index contributed by atoms with van der Waals surface area (Å²) in [5, 5.41) is 13.2. The van der Waals surface area contributed by atoms with Crippen LogP contribution in [0.4, 0.5) is 4.39 Å². The maximum absolute atomic E-state index is 13.4. The van der Waals surface area contributed by atoms with Crippen LogP contribution in [0.3, 0.4) is 0 Å². The molecule has 2 atom stereocenters. The monoisotopic (exact) mass is 369 g/mol. The molecule has 2 heterocycles. The fourth-order valence-corrected chi connectivity index (χ4v) is 3.02. The van der Waals surface area contributed by atoms with E-state index in [0.29, 0.717) is 35.8 Å². The van der Waals surface area contributed by atoms with E-state index in [1.54, 1.807) is 19.1 Å². The Morgan fingerprint density at radius 3 is 2.92 bits per heavy atom. The Morgan fingerprint density at radius 1 is 1.48 bits per heavy atom. The largest absolute Gasteiger partial charge is 0.481 e. The van der Waals surface area contributed by atoms with E-state index in [0.717, 1.165) is 13.0 Å². The average molecular weight is 370 g/mol. The summed E-state index contributed by atoms with van der Waals surface area (Å²) in [6.07, 6.45) is 1.53. The Hall–Kier alpha value is -1.99. The van der Waals surface area contributed by atoms with Gasteiger partial charge in [0.2, 0.25) is 11.7 Å². The normalized spacial score (nSPS) is 19.2. The number of aromatic nitrogens is 2. The van der Waals surface area contributed by atoms with Crippen LogP contribution in [0.2, 0.25) is 0 Å². The molecule has 136 valence electrons. The van der Waals surface area contributed by atoms with Crippen LogP contribution in [-0.2, 0) is 4.79 Å². The van der Waals surface area contributed by atoms with E-state index in [9.17, 15) is 14.3 Å². The number of benzene rings is 1. The number of carboxylic acid groups (broad SMARTS) is 1. The quantitative estimate of drug-likeness (QED) is 0.889. The van der Waals surface area contributed by atoms with Crippen LogP contribution in [0.5, 0.6) is 0 Å². The molecule has 1 aliphatic heterocycles. The highest BCUT2D eigenvalue weighted by Gasteiger charge is 2.30. The number of piperidine rings is 1. The van der Waals surface area contributed by atoms with Crippen molar-refractivity contribution in [1.82, 2.24) is 15.0 Å². The van der Waals surface area contributed by atoms with Gasteiger partial charge in [-0.25, -0.2) is 4.39 Å². The van der Waals surface area contributed by atoms with Gasteiger partial charge < -0.3 is 9.63 Å². The molecule has 0 aliphatic carbocycles. The molecule has 1 aromatic heterocycles. The number of aryl methyl sites for hydroxylation is 1. The first kappa shape index (κ1) is 19.3. The molecule has 1 saturated heterocycles. The molecule has 1 fully saturated rings. The molecule has 0 radical (unpaired) electrons. The van der Waals surface area contributed by atoms with Gasteiger partial charge in [0.15, 0.2) is 0 Å². The Balaban J connectivity index is 0.00000225. The second kappa shape index (κ2) is 7.93. The van der Waals surface area contributed by atoms with E-state index in [1.165, 1.54) is 6.07 Å². The van der Waals surface area contributed by atoms with Crippen LogP contribution in [0.25, 0.3) is 11.4 Å². The van der Waals surface area contributed by atoms with Crippen molar-refractivity contribution < 1.29 is 18.8 Å². The molecular formula is C17H21ClFN3O3. The Kier molecular flexibility index (Phi) is 6.13. The van der Waals surface area contributed by atoms with E-state index in [1.807, 2.05) is 6.92 Å². The van der Waals surface area contributed by atoms with Crippen molar-refractivity contribution >= 4 is 18.4 Å². The first-order valence-electron chi connectivity index (χ1n) is 8.02. The third kappa shape index (κ3) is 4.16. The van der Waals surface area contributed by atoms with Crippen molar-refractivity contribution in [3.8, 4) is 11.4 Å². The molecule has 6 nitrogen and oxygen atoms in total. The number of nitrogens with zero attached hydrogens (tertiary/aromatic N) is 3. The zero-order valence-electron chi connectivity index (χ0n) is 14.1. The molecule has 0 spiro atoms. The molecule has 2 unspecified atom stereocenters. The molecule has 1 aromatic carbocycles. The first-order chi connectivity index (χ1) is 11.5. The van der Waals surface area contributed by atoms with Crippen molar-refractivity contribution in [3.05, 3.63) is 35.5 Å². The number of carbonyl (C=O) groups is 1. The van der Waals surface area contributed by atoms with E-state index >= 15 is 0 Å². The van der Waals surface area contributed by atoms with Crippen molar-refractivity contribution in [3.63, 3.8) is 0 Å². The molecule has 1 aliphatic rings. The molecule has 0 saturated carbocycles. The second-order valence-electron chi connectivity index (χ2n) is 6.27. The van der Waals surface area contributed by atoms with Gasteiger partial charge in [0.25, 0.3) is 0 Å². The maximum Gasteiger partial charge on any atom is 0.307 e. The highest BCUT2D eigenvalue weighted by atomic mass is 35.5. The minimum Gasteiger partial charge on any atom is -0.481 e. The van der Waals surface area contributed by atoms with E-state index in [4.69, 9.17) is 4.52 Å². The summed E-state index contributed by atoms with van der Waals surface area (Å²) in [7, 11) is 0. The lowest BCUT2D eigenvalue weighted by Crippen LogP contribution is -2.40. The van der Waals surface area contributed by atoms with Crippen LogP contribution in [-0.4, -0.2) is 39.2 Å². The number of halogens is 2. The summed E-state index contributed by atoms with van der Waals surface area (Å²) in [6.45, 7) is 4.89. The fraction of sp³-hybridized carbons (Fsp3) is 0.471. The van der Waals surface area contributed by atoms with Crippen molar-refractivity contribution in [2.45, 2.75) is 32.7 Å². The summed E-state index contributed by atoms with van der Waals surface area (Å²) in [4.78, 5) is 17.7. The van der Waals surface area contributed by atoms with Gasteiger partial charge in [0, 0.05) is 12.1 Å². The van der Waals surface area contributed by atoms with Gasteiger partial charge in [-0.1, -0.05) is 5.16 Å². The predicted octanol–water partition coefficient (Wildman–Crippen LogP) is 3.46. The molecule has 3 rings (SSSR count). The zero-order valence-corrected chi connectivity index (χ0v) is 14.9. The van der Waals surface area contributed by atoms with Crippen LogP contribution < -0.4 is 0 Å². The third-order valence-electron chi connectivity index (χ3n) is 4.57. The lowest BCUT2D eigenvalue weighted by molar-refractivity contribution is -0.144. The standard InChI is InChI=1S/C17H20FN3O3.ClH/c1-10-8-12(5-6-14(10)18)15-19-16(24-20-15)11(2)21-7-3-4-13(9-21)17(22)23;/h5-6,8,11,13H,3-4,7,9H2,1-2H3,(H,22,23);1H. The van der Waals surface area contributed by atoms with E-state index in [2.05, 4.69) is 15.0 Å². The van der Waals surface area contributed by atoms with Crippen LogP contribution in [0, 0.1) is 18.7 Å². The van der Waals surface area contributed by atoms with Crippen LogP contribution in [0.1, 0.15) is 37.3 Å². The van der Waals surface area contributed by atoms with E-state index < -0.39 is 5.97 Å². The highest BCUT2D eigenvalue weighted by Crippen LogP contribution is 2.27. The maximum atomic E-state index is 13.4. The predicted molar refractivity (Wildman–Crippen MR) is 92.0 cm³/mol. The van der Waals surface area contributed by atoms with Gasteiger partial charge in [0.1, 0.15) is 5.82 Å². The Morgan fingerprint density at radius 2 is 2.24 bits per heavy atom. The van der Waals surface area contributed by atoms with Gasteiger partial charge in [-0.3, -0.25) is 9.69 Å². The second-order valence-corrected chi connectivity index (χ2v) is 6.27. The summed E-state index contributed by atoms with van der Waals surface area (Å²) >= 11 is 0. The van der Waals surface area contributed by atoms with E-state index in [-0.39, 0.29) is 30.2 Å². The number of hydrogen-bond acceptors (Lipinski definition) is 5. The van der Waals surface area contributed by atoms with Crippen molar-refractivity contribution in [2.75, 3.05) is 13.1 Å². The first-order valence-corrected chi connectivity index (χ1v) is 8.02. The van der Waals surface area contributed by atoms with Crippen LogP contribution in [0.15, 0.2) is 22.7 Å². The van der Waals surface area contributed by atoms with Gasteiger partial charge in [-0.2, -0.15) is 4.98 Å². The molecule has 0 bridgehead atoms. The summed E-state index contributed by atoms with van der Waals surface area (Å²) in [6, 6.07) is 4.51. The minimum absolute atomic E-state index is 0. The lowest BCUT2D eigenvalue weighted by Gasteiger charge is -2.33. The van der Waals surface area contributed by atoms with Gasteiger partial charge >= 0.3 is 5.97 Å². The lowest BCUT2D eigenvalue weighted by atomic mass is 9.97. The molecule has 2 aromatic rings. The molecule has 8 heteroatoms. The van der Waals surface area contributed by atoms with Gasteiger partial charge in [-0.05, 0) is 57.0 Å². The van der Waals surface area contributed by atoms with Crippen molar-refractivity contribution in [2.24, 2.45) is 5.92 Å². The number of likely N-dealkylation sites (tertiary alicyclic amines) is 1. The third-order valence-corrected chi connectivity index (χ3v) is 4.57. The Labute approximate surface area is 151 Å². The van der Waals surface area contributed by atoms with Gasteiger partial charge in [-0.15, -0.1) is 12.4 Å². The zero-order chi connectivity index (χ0) is 17.3. The molecule has 1 N–H and O–H groups in total. The van der Waals surface area contributed by atoms with Crippen molar-refractivity contribution in [1.29, 1.82) is 0 Å². The Bertz CT molecular complexity index is 752. The van der Waals surface area contributed by atoms with Crippen LogP contribution >= 0.6 is 12.4 Å². The number of hydrogen-bond donors (Lipinski definition) is 1. The fourth-order valence-electron chi connectivity index (χ4n) is 3.02. The molecular weight excluding hydrogens is 349 g/mol. The smallest absolute Gasteiger partial charge is 0.307 e. The SMILES string of the molecule is Cc1cc(-c2noc(C(C)N3CCCC(C(=O)O)C3)n2)ccc1F.Cl. The van der Waals surface area contributed by atoms with Gasteiger partial charge in [0.05, 0.1) is 12.0 Å². The topological polar surface area (TPSA) is 79.5 Å². The number of aliphatic carboxylic acids is 1. The number of rotatable bonds is 4. The summed E-state index contributed by atoms with van der Waals surface area (Å²) < 4.78 is 18.7. The highest BCUT2D eigenvalue weighted by molar-refractivity contribution is 5.85. The minimum atomic E-state index is -0.764.